The first kappa shape index (κ1) is 15.0. The third kappa shape index (κ3) is 2.70. The zero-order valence-corrected chi connectivity index (χ0v) is 13.1. The molecule has 116 valence electrons. The molecular formula is C16H17FN2O2S. The quantitative estimate of drug-likeness (QED) is 0.894. The van der Waals surface area contributed by atoms with Crippen molar-refractivity contribution in [3.8, 4) is 0 Å². The Kier molecular flexibility index (Phi) is 4.11. The van der Waals surface area contributed by atoms with Crippen LogP contribution >= 0.6 is 11.3 Å². The van der Waals surface area contributed by atoms with Gasteiger partial charge in [-0.1, -0.05) is 6.07 Å². The number of fused-ring (bicyclic) bond motifs is 1. The monoisotopic (exact) mass is 320 g/mol. The zero-order valence-electron chi connectivity index (χ0n) is 12.2. The number of hydrogen-bond acceptors (Lipinski definition) is 3. The van der Waals surface area contributed by atoms with Crippen LogP contribution < -0.4 is 10.6 Å². The lowest BCUT2D eigenvalue weighted by Gasteiger charge is -2.14. The zero-order chi connectivity index (χ0) is 15.7. The van der Waals surface area contributed by atoms with Gasteiger partial charge in [0.25, 0.3) is 5.91 Å². The highest BCUT2D eigenvalue weighted by Crippen LogP contribution is 2.32. The number of hydrogen-bond donors (Lipinski definition) is 2. The molecule has 0 spiro atoms. The summed E-state index contributed by atoms with van der Waals surface area (Å²) in [4.78, 5) is 24.8. The molecule has 1 aliphatic rings. The summed E-state index contributed by atoms with van der Waals surface area (Å²) in [5.74, 6) is -0.770. The third-order valence-corrected chi connectivity index (χ3v) is 5.21. The number of aryl methyl sites for hydroxylation is 1. The number of nitrogens with one attached hydrogen (secondary N) is 2. The van der Waals surface area contributed by atoms with Gasteiger partial charge < -0.3 is 10.6 Å². The highest BCUT2D eigenvalue weighted by atomic mass is 32.1. The fourth-order valence-corrected chi connectivity index (χ4v) is 3.90. The van der Waals surface area contributed by atoms with Crippen molar-refractivity contribution in [1.29, 1.82) is 0 Å². The second-order valence-electron chi connectivity index (χ2n) is 5.48. The SMILES string of the molecule is Cc1c(C(=O)N[C@@H]2CCCCNC2=O)sc2cccc(F)c12. The highest BCUT2D eigenvalue weighted by Gasteiger charge is 2.25. The van der Waals surface area contributed by atoms with Crippen molar-refractivity contribution in [2.75, 3.05) is 6.54 Å². The lowest BCUT2D eigenvalue weighted by molar-refractivity contribution is -0.122. The van der Waals surface area contributed by atoms with Gasteiger partial charge in [-0.25, -0.2) is 4.39 Å². The van der Waals surface area contributed by atoms with Crippen LogP contribution in [0.3, 0.4) is 0 Å². The normalized spacial score (nSPS) is 18.8. The van der Waals surface area contributed by atoms with Gasteiger partial charge in [0.2, 0.25) is 5.91 Å². The van der Waals surface area contributed by atoms with E-state index >= 15 is 0 Å². The molecule has 0 bridgehead atoms. The number of halogens is 1. The number of amides is 2. The van der Waals surface area contributed by atoms with Gasteiger partial charge in [-0.15, -0.1) is 11.3 Å². The average molecular weight is 320 g/mol. The fourth-order valence-electron chi connectivity index (χ4n) is 2.77. The summed E-state index contributed by atoms with van der Waals surface area (Å²) in [6, 6.07) is 4.31. The van der Waals surface area contributed by atoms with Crippen LogP contribution in [0.1, 0.15) is 34.5 Å². The number of thiophene rings is 1. The molecule has 1 aromatic heterocycles. The summed E-state index contributed by atoms with van der Waals surface area (Å²) in [6.07, 6.45) is 2.45. The van der Waals surface area contributed by atoms with Gasteiger partial charge in [0, 0.05) is 16.6 Å². The minimum Gasteiger partial charge on any atom is -0.354 e. The molecule has 1 saturated heterocycles. The molecule has 0 radical (unpaired) electrons. The molecule has 0 saturated carbocycles. The van der Waals surface area contributed by atoms with Crippen LogP contribution in [0.25, 0.3) is 10.1 Å². The average Bonchev–Trinajstić information content (AvgIpc) is 2.70. The van der Waals surface area contributed by atoms with Gasteiger partial charge in [-0.05, 0) is 43.9 Å². The fraction of sp³-hybridized carbons (Fsp3) is 0.375. The maximum absolute atomic E-state index is 13.9. The van der Waals surface area contributed by atoms with E-state index in [1.54, 1.807) is 19.1 Å². The van der Waals surface area contributed by atoms with E-state index in [1.807, 2.05) is 0 Å². The topological polar surface area (TPSA) is 58.2 Å². The van der Waals surface area contributed by atoms with E-state index in [4.69, 9.17) is 0 Å². The molecule has 2 heterocycles. The van der Waals surface area contributed by atoms with E-state index in [2.05, 4.69) is 10.6 Å². The van der Waals surface area contributed by atoms with Crippen molar-refractivity contribution in [2.24, 2.45) is 0 Å². The number of carbonyl (C=O) groups excluding carboxylic acids is 2. The van der Waals surface area contributed by atoms with Gasteiger partial charge in [-0.2, -0.15) is 0 Å². The highest BCUT2D eigenvalue weighted by molar-refractivity contribution is 7.21. The molecule has 1 aliphatic heterocycles. The van der Waals surface area contributed by atoms with Gasteiger partial charge in [0.1, 0.15) is 11.9 Å². The lowest BCUT2D eigenvalue weighted by atomic mass is 10.1. The largest absolute Gasteiger partial charge is 0.354 e. The molecule has 2 N–H and O–H groups in total. The van der Waals surface area contributed by atoms with E-state index < -0.39 is 6.04 Å². The van der Waals surface area contributed by atoms with Crippen LogP contribution in [-0.4, -0.2) is 24.4 Å². The van der Waals surface area contributed by atoms with E-state index in [9.17, 15) is 14.0 Å². The van der Waals surface area contributed by atoms with Crippen LogP contribution in [0.5, 0.6) is 0 Å². The van der Waals surface area contributed by atoms with Crippen LogP contribution in [0.15, 0.2) is 18.2 Å². The molecule has 1 aromatic carbocycles. The Labute approximate surface area is 131 Å². The van der Waals surface area contributed by atoms with Crippen molar-refractivity contribution in [3.05, 3.63) is 34.5 Å². The smallest absolute Gasteiger partial charge is 0.262 e. The summed E-state index contributed by atoms with van der Waals surface area (Å²) in [5, 5.41) is 6.06. The van der Waals surface area contributed by atoms with E-state index in [1.165, 1.54) is 17.4 Å². The molecular weight excluding hydrogens is 303 g/mol. The van der Waals surface area contributed by atoms with Gasteiger partial charge >= 0.3 is 0 Å². The molecule has 4 nitrogen and oxygen atoms in total. The molecule has 1 atom stereocenters. The summed E-state index contributed by atoms with van der Waals surface area (Å²) in [6.45, 7) is 2.39. The minimum absolute atomic E-state index is 0.143. The first-order valence-corrected chi connectivity index (χ1v) is 8.16. The molecule has 3 rings (SSSR count). The summed E-state index contributed by atoms with van der Waals surface area (Å²) in [5.41, 5.74) is 0.629. The standard InChI is InChI=1S/C16H17FN2O2S/c1-9-13-10(17)5-4-7-12(13)22-14(9)16(21)19-11-6-2-3-8-18-15(11)20/h4-5,7,11H,2-3,6,8H2,1H3,(H,18,20)(H,19,21)/t11-/m1/s1. The van der Waals surface area contributed by atoms with Crippen molar-refractivity contribution < 1.29 is 14.0 Å². The molecule has 0 unspecified atom stereocenters. The van der Waals surface area contributed by atoms with E-state index in [0.717, 1.165) is 17.5 Å². The Balaban J connectivity index is 1.87. The molecule has 2 amide bonds. The Hall–Kier alpha value is -1.95. The molecule has 22 heavy (non-hydrogen) atoms. The minimum atomic E-state index is -0.510. The molecule has 6 heteroatoms. The number of carbonyl (C=O) groups is 2. The van der Waals surface area contributed by atoms with Crippen LogP contribution in [0.4, 0.5) is 4.39 Å². The summed E-state index contributed by atoms with van der Waals surface area (Å²) >= 11 is 1.26. The Morgan fingerprint density at radius 3 is 3.00 bits per heavy atom. The van der Waals surface area contributed by atoms with Gasteiger partial charge in [-0.3, -0.25) is 9.59 Å². The van der Waals surface area contributed by atoms with E-state index in [0.29, 0.717) is 28.8 Å². The first-order valence-electron chi connectivity index (χ1n) is 7.34. The third-order valence-electron chi connectivity index (χ3n) is 3.95. The maximum Gasteiger partial charge on any atom is 0.262 e. The Morgan fingerprint density at radius 1 is 1.41 bits per heavy atom. The second kappa shape index (κ2) is 6.04. The van der Waals surface area contributed by atoms with E-state index in [-0.39, 0.29) is 17.6 Å². The lowest BCUT2D eigenvalue weighted by Crippen LogP contribution is -2.45. The van der Waals surface area contributed by atoms with Crippen LogP contribution in [0.2, 0.25) is 0 Å². The van der Waals surface area contributed by atoms with Crippen LogP contribution in [-0.2, 0) is 4.79 Å². The van der Waals surface area contributed by atoms with Gasteiger partial charge in [0.15, 0.2) is 0 Å². The van der Waals surface area contributed by atoms with Crippen molar-refractivity contribution in [2.45, 2.75) is 32.2 Å². The molecule has 0 aliphatic carbocycles. The summed E-state index contributed by atoms with van der Waals surface area (Å²) in [7, 11) is 0. The predicted molar refractivity (Wildman–Crippen MR) is 84.6 cm³/mol. The second-order valence-corrected chi connectivity index (χ2v) is 6.53. The van der Waals surface area contributed by atoms with Crippen molar-refractivity contribution in [3.63, 3.8) is 0 Å². The maximum atomic E-state index is 13.9. The van der Waals surface area contributed by atoms with Crippen molar-refractivity contribution in [1.82, 2.24) is 10.6 Å². The number of rotatable bonds is 2. The first-order chi connectivity index (χ1) is 10.6. The Morgan fingerprint density at radius 2 is 2.23 bits per heavy atom. The molecule has 2 aromatic rings. The molecule has 1 fully saturated rings. The Bertz CT molecular complexity index is 741. The van der Waals surface area contributed by atoms with Crippen molar-refractivity contribution >= 4 is 33.2 Å². The number of benzene rings is 1. The van der Waals surface area contributed by atoms with Crippen LogP contribution in [0, 0.1) is 12.7 Å². The summed E-state index contributed by atoms with van der Waals surface area (Å²) < 4.78 is 14.7. The van der Waals surface area contributed by atoms with Gasteiger partial charge in [0.05, 0.1) is 4.88 Å². The predicted octanol–water partition coefficient (Wildman–Crippen LogP) is 2.75.